The van der Waals surface area contributed by atoms with Crippen molar-refractivity contribution in [2.45, 2.75) is 110 Å². The molecular weight excluding hydrogens is 458 g/mol. The van der Waals surface area contributed by atoms with Crippen molar-refractivity contribution >= 4 is 23.6 Å². The van der Waals surface area contributed by atoms with E-state index < -0.39 is 17.7 Å². The van der Waals surface area contributed by atoms with Crippen LogP contribution in [0.15, 0.2) is 36.0 Å². The molecule has 36 heavy (non-hydrogen) atoms. The summed E-state index contributed by atoms with van der Waals surface area (Å²) < 4.78 is 15.5. The Bertz CT molecular complexity index is 837. The summed E-state index contributed by atoms with van der Waals surface area (Å²) in [7, 11) is 0. The summed E-state index contributed by atoms with van der Waals surface area (Å²) in [4.78, 5) is 36.2. The lowest BCUT2D eigenvalue weighted by Crippen LogP contribution is -2.42. The third kappa shape index (κ3) is 11.3. The van der Waals surface area contributed by atoms with Gasteiger partial charge in [0.25, 0.3) is 5.79 Å². The number of nitrogens with one attached hydrogen (secondary N) is 1. The average molecular weight is 502 g/mol. The third-order valence-electron chi connectivity index (χ3n) is 6.10. The van der Waals surface area contributed by atoms with Gasteiger partial charge in [-0.3, -0.25) is 0 Å². The summed E-state index contributed by atoms with van der Waals surface area (Å²) in [5, 5.41) is 2.85. The molecule has 0 bridgehead atoms. The molecule has 1 N–H and O–H groups in total. The molecule has 1 fully saturated rings. The second-order valence-electron chi connectivity index (χ2n) is 9.84. The van der Waals surface area contributed by atoms with Gasteiger partial charge < -0.3 is 19.5 Å². The van der Waals surface area contributed by atoms with E-state index in [1.54, 1.807) is 24.3 Å². The van der Waals surface area contributed by atoms with Gasteiger partial charge in [0.1, 0.15) is 0 Å². The molecule has 7 heteroatoms. The Morgan fingerprint density at radius 3 is 1.78 bits per heavy atom. The normalized spacial score (nSPS) is 14.7. The number of cyclic esters (lactones) is 2. The number of ether oxygens (including phenoxy) is 3. The molecule has 0 radical (unpaired) electrons. The predicted octanol–water partition coefficient (Wildman–Crippen LogP) is 7.07. The zero-order valence-corrected chi connectivity index (χ0v) is 22.2. The summed E-state index contributed by atoms with van der Waals surface area (Å²) in [6, 6.07) is 6.60. The van der Waals surface area contributed by atoms with Gasteiger partial charge in [-0.25, -0.2) is 14.4 Å². The van der Waals surface area contributed by atoms with Crippen LogP contribution in [0, 0.1) is 0 Å². The Morgan fingerprint density at radius 1 is 0.806 bits per heavy atom. The number of hydrogen-bond acceptors (Lipinski definition) is 7. The molecule has 1 aliphatic heterocycles. The van der Waals surface area contributed by atoms with Gasteiger partial charge in [0.2, 0.25) is 0 Å². The van der Waals surface area contributed by atoms with Crippen molar-refractivity contribution in [2.75, 3.05) is 11.9 Å². The maximum Gasteiger partial charge on any atom is 0.350 e. The van der Waals surface area contributed by atoms with Crippen LogP contribution >= 0.6 is 0 Å². The molecule has 1 aromatic rings. The SMILES string of the molecule is CCCCCCCCCCCCCCCOC(=O)c1ccc(NC=C2C(=O)OC(C)(C)OC2=O)cc1. The van der Waals surface area contributed by atoms with E-state index >= 15 is 0 Å². The van der Waals surface area contributed by atoms with E-state index in [1.807, 2.05) is 0 Å². The summed E-state index contributed by atoms with van der Waals surface area (Å²) in [6.07, 6.45) is 17.8. The molecule has 7 nitrogen and oxygen atoms in total. The second-order valence-corrected chi connectivity index (χ2v) is 9.84. The summed E-state index contributed by atoms with van der Waals surface area (Å²) in [5.74, 6) is -3.14. The van der Waals surface area contributed by atoms with E-state index in [4.69, 9.17) is 14.2 Å². The molecule has 0 aromatic heterocycles. The molecule has 0 saturated carbocycles. The first kappa shape index (κ1) is 29.4. The Balaban J connectivity index is 1.55. The number of esters is 3. The van der Waals surface area contributed by atoms with Crippen molar-refractivity contribution < 1.29 is 28.6 Å². The van der Waals surface area contributed by atoms with E-state index in [1.165, 1.54) is 90.7 Å². The van der Waals surface area contributed by atoms with Gasteiger partial charge in [-0.1, -0.05) is 84.0 Å². The highest BCUT2D eigenvalue weighted by Gasteiger charge is 2.38. The first-order valence-corrected chi connectivity index (χ1v) is 13.5. The van der Waals surface area contributed by atoms with Crippen molar-refractivity contribution in [3.05, 3.63) is 41.6 Å². The summed E-state index contributed by atoms with van der Waals surface area (Å²) in [5.41, 5.74) is 0.817. The molecule has 1 aromatic carbocycles. The number of hydrogen-bond donors (Lipinski definition) is 1. The van der Waals surface area contributed by atoms with Crippen LogP contribution in [0.5, 0.6) is 0 Å². The van der Waals surface area contributed by atoms with Gasteiger partial charge in [-0.05, 0) is 30.7 Å². The molecule has 0 amide bonds. The topological polar surface area (TPSA) is 90.9 Å². The zero-order valence-electron chi connectivity index (χ0n) is 22.2. The van der Waals surface area contributed by atoms with Crippen molar-refractivity contribution in [1.82, 2.24) is 0 Å². The number of carbonyl (C=O) groups excluding carboxylic acids is 3. The highest BCUT2D eigenvalue weighted by Crippen LogP contribution is 2.23. The number of benzene rings is 1. The lowest BCUT2D eigenvalue weighted by atomic mass is 10.0. The predicted molar refractivity (Wildman–Crippen MR) is 140 cm³/mol. The maximum atomic E-state index is 12.2. The minimum Gasteiger partial charge on any atom is -0.462 e. The summed E-state index contributed by atoms with van der Waals surface area (Å²) in [6.45, 7) is 5.65. The monoisotopic (exact) mass is 501 g/mol. The molecule has 200 valence electrons. The standard InChI is InChI=1S/C29H43NO6/c1-4-5-6-7-8-9-10-11-12-13-14-15-16-21-34-26(31)23-17-19-24(20-18-23)30-22-25-27(32)35-29(2,3)36-28(25)33/h17-20,22,30H,4-16,21H2,1-3H3. The number of carbonyl (C=O) groups is 3. The van der Waals surface area contributed by atoms with Gasteiger partial charge in [0.05, 0.1) is 12.2 Å². The van der Waals surface area contributed by atoms with Crippen LogP contribution in [-0.4, -0.2) is 30.3 Å². The van der Waals surface area contributed by atoms with Gasteiger partial charge in [0, 0.05) is 25.7 Å². The fourth-order valence-electron chi connectivity index (χ4n) is 4.00. The van der Waals surface area contributed by atoms with Crippen molar-refractivity contribution in [1.29, 1.82) is 0 Å². The maximum absolute atomic E-state index is 12.2. The Kier molecular flexibility index (Phi) is 13.1. The molecular formula is C29H43NO6. The molecule has 0 aliphatic carbocycles. The smallest absolute Gasteiger partial charge is 0.350 e. The van der Waals surface area contributed by atoms with Gasteiger partial charge in [0.15, 0.2) is 5.57 Å². The molecule has 1 heterocycles. The second kappa shape index (κ2) is 16.0. The highest BCUT2D eigenvalue weighted by molar-refractivity contribution is 6.15. The minimum atomic E-state index is -1.28. The van der Waals surface area contributed by atoms with E-state index in [-0.39, 0.29) is 11.5 Å². The molecule has 1 aliphatic rings. The van der Waals surface area contributed by atoms with Crippen LogP contribution in [0.3, 0.4) is 0 Å². The first-order valence-electron chi connectivity index (χ1n) is 13.5. The van der Waals surface area contributed by atoms with Gasteiger partial charge >= 0.3 is 17.9 Å². The van der Waals surface area contributed by atoms with Gasteiger partial charge in [-0.15, -0.1) is 0 Å². The Morgan fingerprint density at radius 2 is 1.28 bits per heavy atom. The molecule has 0 spiro atoms. The highest BCUT2D eigenvalue weighted by atomic mass is 16.7. The van der Waals surface area contributed by atoms with E-state index in [0.717, 1.165) is 12.8 Å². The Labute approximate surface area is 216 Å². The molecule has 2 rings (SSSR count). The van der Waals surface area contributed by atoms with Crippen LogP contribution in [0.2, 0.25) is 0 Å². The third-order valence-corrected chi connectivity index (χ3v) is 6.10. The Hall–Kier alpha value is -2.83. The quantitative estimate of drug-likeness (QED) is 0.106. The fraction of sp³-hybridized carbons (Fsp3) is 0.621. The largest absolute Gasteiger partial charge is 0.462 e. The average Bonchev–Trinajstić information content (AvgIpc) is 2.83. The van der Waals surface area contributed by atoms with Gasteiger partial charge in [-0.2, -0.15) is 0 Å². The number of anilines is 1. The van der Waals surface area contributed by atoms with Crippen LogP contribution in [0.1, 0.15) is 115 Å². The number of unbranched alkanes of at least 4 members (excludes halogenated alkanes) is 12. The van der Waals surface area contributed by atoms with Crippen LogP contribution in [-0.2, 0) is 23.8 Å². The number of rotatable bonds is 17. The van der Waals surface area contributed by atoms with Crippen LogP contribution < -0.4 is 5.32 Å². The van der Waals surface area contributed by atoms with Crippen molar-refractivity contribution in [3.8, 4) is 0 Å². The first-order chi connectivity index (χ1) is 17.3. The molecule has 1 saturated heterocycles. The summed E-state index contributed by atoms with van der Waals surface area (Å²) >= 11 is 0. The fourth-order valence-corrected chi connectivity index (χ4v) is 4.00. The van der Waals surface area contributed by atoms with E-state index in [9.17, 15) is 14.4 Å². The van der Waals surface area contributed by atoms with Crippen molar-refractivity contribution in [3.63, 3.8) is 0 Å². The van der Waals surface area contributed by atoms with E-state index in [0.29, 0.717) is 17.9 Å². The molecule has 0 atom stereocenters. The van der Waals surface area contributed by atoms with Crippen LogP contribution in [0.25, 0.3) is 0 Å². The van der Waals surface area contributed by atoms with E-state index in [2.05, 4.69) is 12.2 Å². The zero-order chi connectivity index (χ0) is 26.2. The lowest BCUT2D eigenvalue weighted by Gasteiger charge is -2.29. The minimum absolute atomic E-state index is 0.226. The van der Waals surface area contributed by atoms with Crippen LogP contribution in [0.4, 0.5) is 5.69 Å². The molecule has 0 unspecified atom stereocenters. The van der Waals surface area contributed by atoms with Crippen molar-refractivity contribution in [2.24, 2.45) is 0 Å². The lowest BCUT2D eigenvalue weighted by molar-refractivity contribution is -0.222.